The van der Waals surface area contributed by atoms with Gasteiger partial charge in [0.05, 0.1) is 22.8 Å². The Labute approximate surface area is 289 Å². The zero-order valence-electron chi connectivity index (χ0n) is 25.7. The van der Waals surface area contributed by atoms with Gasteiger partial charge in [0.15, 0.2) is 11.6 Å². The molecule has 2 heterocycles. The minimum Gasteiger partial charge on any atom is -0.226 e. The summed E-state index contributed by atoms with van der Waals surface area (Å²) in [5.74, 6) is 1.43. The average Bonchev–Trinajstić information content (AvgIpc) is 3.73. The first-order valence-electron chi connectivity index (χ1n) is 15.7. The third-order valence-electron chi connectivity index (χ3n) is 8.26. The molecule has 0 bridgehead atoms. The molecular formula is C42H28Cl2N4. The highest BCUT2D eigenvalue weighted by atomic mass is 35.5. The molecule has 48 heavy (non-hydrogen) atoms. The molecule has 0 aliphatic carbocycles. The molecule has 0 fully saturated rings. The van der Waals surface area contributed by atoms with Crippen LogP contribution in [0.15, 0.2) is 170 Å². The summed E-state index contributed by atoms with van der Waals surface area (Å²) < 4.78 is 4.39. The highest BCUT2D eigenvalue weighted by Crippen LogP contribution is 2.43. The van der Waals surface area contributed by atoms with Crippen molar-refractivity contribution in [3.8, 4) is 67.8 Å². The Hall–Kier alpha value is -5.68. The van der Waals surface area contributed by atoms with Crippen LogP contribution in [-0.4, -0.2) is 19.3 Å². The average molecular weight is 660 g/mol. The van der Waals surface area contributed by atoms with E-state index in [0.29, 0.717) is 21.7 Å². The van der Waals surface area contributed by atoms with E-state index in [1.54, 1.807) is 0 Å². The fraction of sp³-hybridized carbons (Fsp3) is 0. The van der Waals surface area contributed by atoms with Gasteiger partial charge in [-0.25, -0.2) is 19.3 Å². The van der Waals surface area contributed by atoms with E-state index in [4.69, 9.17) is 33.2 Å². The Balaban J connectivity index is 1.60. The van der Waals surface area contributed by atoms with Crippen LogP contribution in [0.1, 0.15) is 0 Å². The van der Waals surface area contributed by atoms with E-state index in [1.165, 1.54) is 0 Å². The van der Waals surface area contributed by atoms with Crippen molar-refractivity contribution in [1.82, 2.24) is 19.3 Å². The van der Waals surface area contributed by atoms with Gasteiger partial charge in [-0.1, -0.05) is 169 Å². The van der Waals surface area contributed by atoms with Crippen LogP contribution in [0.25, 0.3) is 67.8 Å². The molecule has 230 valence electrons. The third kappa shape index (κ3) is 5.51. The standard InChI is InChI=1S/C42H28Cl2N4/c43-35-25-13-23-33(27-35)41-45-37(29-15-5-1-6-16-29)39(31-19-9-3-10-20-31)47(41)48-40(32-21-11-4-12-22-32)38(30-17-7-2-8-18-30)46-42(48)34-24-14-26-36(44)28-34/h1-28H. The van der Waals surface area contributed by atoms with Crippen LogP contribution < -0.4 is 0 Å². The first-order valence-corrected chi connectivity index (χ1v) is 16.4. The second kappa shape index (κ2) is 12.8. The van der Waals surface area contributed by atoms with Gasteiger partial charge in [0.25, 0.3) is 0 Å². The third-order valence-corrected chi connectivity index (χ3v) is 8.73. The highest BCUT2D eigenvalue weighted by molar-refractivity contribution is 6.31. The van der Waals surface area contributed by atoms with Gasteiger partial charge in [-0.05, 0) is 24.3 Å². The van der Waals surface area contributed by atoms with Crippen LogP contribution in [0.2, 0.25) is 10.0 Å². The Morgan fingerprint density at radius 1 is 0.333 bits per heavy atom. The first-order chi connectivity index (χ1) is 23.7. The molecule has 0 saturated heterocycles. The summed E-state index contributed by atoms with van der Waals surface area (Å²) in [6, 6.07) is 57.1. The van der Waals surface area contributed by atoms with Gasteiger partial charge in [-0.2, -0.15) is 0 Å². The van der Waals surface area contributed by atoms with Crippen LogP contribution in [0.5, 0.6) is 0 Å². The van der Waals surface area contributed by atoms with E-state index in [0.717, 1.165) is 56.2 Å². The van der Waals surface area contributed by atoms with Gasteiger partial charge in [0.1, 0.15) is 0 Å². The van der Waals surface area contributed by atoms with Crippen molar-refractivity contribution < 1.29 is 0 Å². The van der Waals surface area contributed by atoms with Crippen molar-refractivity contribution in [2.75, 3.05) is 0 Å². The number of hydrogen-bond donors (Lipinski definition) is 0. The van der Waals surface area contributed by atoms with E-state index in [9.17, 15) is 0 Å². The molecule has 0 saturated carbocycles. The van der Waals surface area contributed by atoms with Gasteiger partial charge >= 0.3 is 0 Å². The molecule has 6 aromatic carbocycles. The van der Waals surface area contributed by atoms with Crippen LogP contribution in [0, 0.1) is 0 Å². The topological polar surface area (TPSA) is 35.6 Å². The Bertz CT molecular complexity index is 2180. The summed E-state index contributed by atoms with van der Waals surface area (Å²) in [5, 5.41) is 1.25. The van der Waals surface area contributed by atoms with Crippen LogP contribution in [0.4, 0.5) is 0 Å². The van der Waals surface area contributed by atoms with E-state index >= 15 is 0 Å². The molecule has 6 heteroatoms. The lowest BCUT2D eigenvalue weighted by Crippen LogP contribution is -2.16. The van der Waals surface area contributed by atoms with Gasteiger partial charge in [0, 0.05) is 43.4 Å². The zero-order chi connectivity index (χ0) is 32.5. The van der Waals surface area contributed by atoms with Crippen LogP contribution in [0.3, 0.4) is 0 Å². The second-order valence-electron chi connectivity index (χ2n) is 11.4. The Morgan fingerprint density at radius 2 is 0.646 bits per heavy atom. The molecule has 0 atom stereocenters. The van der Waals surface area contributed by atoms with Gasteiger partial charge in [-0.15, -0.1) is 0 Å². The maximum Gasteiger partial charge on any atom is 0.160 e. The van der Waals surface area contributed by atoms with Crippen molar-refractivity contribution in [3.63, 3.8) is 0 Å². The van der Waals surface area contributed by atoms with Gasteiger partial charge in [-0.3, -0.25) is 0 Å². The van der Waals surface area contributed by atoms with E-state index < -0.39 is 0 Å². The molecule has 8 rings (SSSR count). The second-order valence-corrected chi connectivity index (χ2v) is 12.2. The monoisotopic (exact) mass is 658 g/mol. The molecule has 0 N–H and O–H groups in total. The molecule has 0 spiro atoms. The number of hydrogen-bond acceptors (Lipinski definition) is 2. The van der Waals surface area contributed by atoms with E-state index in [-0.39, 0.29) is 0 Å². The molecule has 0 unspecified atom stereocenters. The SMILES string of the molecule is Clc1cccc(-c2nc(-c3ccccc3)c(-c3ccccc3)n2-n2c(-c3cccc(Cl)c3)nc(-c3ccccc3)c2-c2ccccc2)c1. The fourth-order valence-electron chi connectivity index (χ4n) is 6.15. The summed E-state index contributed by atoms with van der Waals surface area (Å²) in [6.45, 7) is 0. The molecule has 0 amide bonds. The predicted octanol–water partition coefficient (Wildman–Crippen LogP) is 11.7. The summed E-state index contributed by atoms with van der Waals surface area (Å²) in [5.41, 5.74) is 9.22. The Morgan fingerprint density at radius 3 is 0.979 bits per heavy atom. The van der Waals surface area contributed by atoms with E-state index in [1.807, 2.05) is 97.1 Å². The zero-order valence-corrected chi connectivity index (χ0v) is 27.2. The lowest BCUT2D eigenvalue weighted by atomic mass is 10.0. The van der Waals surface area contributed by atoms with Crippen molar-refractivity contribution in [2.45, 2.75) is 0 Å². The first kappa shape index (κ1) is 29.7. The summed E-state index contributed by atoms with van der Waals surface area (Å²) in [4.78, 5) is 10.9. The maximum atomic E-state index is 6.66. The quantitative estimate of drug-likeness (QED) is 0.171. The smallest absolute Gasteiger partial charge is 0.160 e. The summed E-state index contributed by atoms with van der Waals surface area (Å²) in [7, 11) is 0. The minimum atomic E-state index is 0.624. The molecule has 4 nitrogen and oxygen atoms in total. The lowest BCUT2D eigenvalue weighted by Gasteiger charge is -2.20. The number of imidazole rings is 2. The largest absolute Gasteiger partial charge is 0.226 e. The highest BCUT2D eigenvalue weighted by Gasteiger charge is 2.29. The number of rotatable bonds is 7. The van der Waals surface area contributed by atoms with Gasteiger partial charge in [0.2, 0.25) is 0 Å². The van der Waals surface area contributed by atoms with Crippen molar-refractivity contribution in [1.29, 1.82) is 0 Å². The maximum absolute atomic E-state index is 6.66. The van der Waals surface area contributed by atoms with Crippen molar-refractivity contribution in [3.05, 3.63) is 180 Å². The number of nitrogens with zero attached hydrogens (tertiary/aromatic N) is 4. The molecule has 8 aromatic rings. The van der Waals surface area contributed by atoms with Crippen LogP contribution in [-0.2, 0) is 0 Å². The molecule has 0 aliphatic rings. The van der Waals surface area contributed by atoms with Crippen molar-refractivity contribution in [2.24, 2.45) is 0 Å². The number of aromatic nitrogens is 4. The predicted molar refractivity (Wildman–Crippen MR) is 198 cm³/mol. The van der Waals surface area contributed by atoms with Crippen LogP contribution >= 0.6 is 23.2 Å². The molecule has 0 aliphatic heterocycles. The molecule has 0 radical (unpaired) electrons. The van der Waals surface area contributed by atoms with E-state index in [2.05, 4.69) is 82.1 Å². The summed E-state index contributed by atoms with van der Waals surface area (Å²) >= 11 is 13.3. The summed E-state index contributed by atoms with van der Waals surface area (Å²) in [6.07, 6.45) is 0. The minimum absolute atomic E-state index is 0.624. The Kier molecular flexibility index (Phi) is 7.95. The normalized spacial score (nSPS) is 11.1. The van der Waals surface area contributed by atoms with Gasteiger partial charge < -0.3 is 0 Å². The lowest BCUT2D eigenvalue weighted by molar-refractivity contribution is 0.687. The fourth-order valence-corrected chi connectivity index (χ4v) is 6.53. The molecular weight excluding hydrogens is 631 g/mol. The number of halogens is 2. The molecule has 2 aromatic heterocycles. The van der Waals surface area contributed by atoms with Crippen molar-refractivity contribution >= 4 is 23.2 Å². The number of benzene rings is 6.